The highest BCUT2D eigenvalue weighted by molar-refractivity contribution is 5.70. The molecule has 4 rings (SSSR count). The van der Waals surface area contributed by atoms with Gasteiger partial charge in [-0.25, -0.2) is 4.39 Å². The van der Waals surface area contributed by atoms with Crippen LogP contribution in [0.4, 0.5) is 4.39 Å². The average Bonchev–Trinajstić information content (AvgIpc) is 3.10. The predicted molar refractivity (Wildman–Crippen MR) is 103 cm³/mol. The lowest BCUT2D eigenvalue weighted by Gasteiger charge is -2.35. The second-order valence-corrected chi connectivity index (χ2v) is 7.94. The van der Waals surface area contributed by atoms with Gasteiger partial charge in [0.15, 0.2) is 0 Å². The fraction of sp³-hybridized carbons (Fsp3) is 0.435. The summed E-state index contributed by atoms with van der Waals surface area (Å²) in [6.07, 6.45) is 3.65. The minimum atomic E-state index is -0.655. The van der Waals surface area contributed by atoms with Crippen LogP contribution in [0, 0.1) is 11.7 Å². The number of halogens is 1. The summed E-state index contributed by atoms with van der Waals surface area (Å²) in [5.74, 6) is -0.865. The Labute approximate surface area is 159 Å². The molecule has 0 amide bonds. The molecule has 1 fully saturated rings. The number of carbonyl (C=O) groups is 1. The number of hydrogen-bond donors (Lipinski definition) is 1. The van der Waals surface area contributed by atoms with Crippen molar-refractivity contribution in [3.05, 3.63) is 70.5 Å². The Morgan fingerprint density at radius 1 is 1.11 bits per heavy atom. The zero-order chi connectivity index (χ0) is 19.0. The number of aryl methyl sites for hydroxylation is 1. The first kappa shape index (κ1) is 18.2. The maximum absolute atomic E-state index is 13.6. The van der Waals surface area contributed by atoms with Crippen molar-refractivity contribution in [3.8, 4) is 0 Å². The molecule has 0 aromatic heterocycles. The van der Waals surface area contributed by atoms with E-state index in [-0.39, 0.29) is 17.7 Å². The van der Waals surface area contributed by atoms with Crippen molar-refractivity contribution in [3.63, 3.8) is 0 Å². The van der Waals surface area contributed by atoms with Crippen LogP contribution in [0.2, 0.25) is 0 Å². The van der Waals surface area contributed by atoms with Gasteiger partial charge in [0.1, 0.15) is 5.82 Å². The van der Waals surface area contributed by atoms with Crippen molar-refractivity contribution in [1.82, 2.24) is 4.90 Å². The van der Waals surface area contributed by atoms with Gasteiger partial charge < -0.3 is 5.11 Å². The van der Waals surface area contributed by atoms with Gasteiger partial charge in [-0.2, -0.15) is 0 Å². The molecular formula is C23H26FNO2. The van der Waals surface area contributed by atoms with E-state index in [0.717, 1.165) is 44.3 Å². The third kappa shape index (κ3) is 3.63. The molecule has 1 heterocycles. The number of piperidine rings is 1. The first-order chi connectivity index (χ1) is 13.0. The number of hydrogen-bond acceptors (Lipinski definition) is 2. The zero-order valence-electron chi connectivity index (χ0n) is 15.7. The van der Waals surface area contributed by atoms with Crippen LogP contribution in [0.3, 0.4) is 0 Å². The van der Waals surface area contributed by atoms with Gasteiger partial charge >= 0.3 is 5.97 Å². The molecule has 2 aromatic carbocycles. The summed E-state index contributed by atoms with van der Waals surface area (Å²) in [7, 11) is 0. The molecule has 2 atom stereocenters. The van der Waals surface area contributed by atoms with Gasteiger partial charge in [0.2, 0.25) is 0 Å². The normalized spacial score (nSPS) is 21.8. The number of carboxylic acid groups (broad SMARTS) is 1. The van der Waals surface area contributed by atoms with Crippen LogP contribution in [0.5, 0.6) is 0 Å². The fourth-order valence-corrected chi connectivity index (χ4v) is 4.69. The number of fused-ring (bicyclic) bond motifs is 1. The summed E-state index contributed by atoms with van der Waals surface area (Å²) in [6.45, 7) is 3.85. The van der Waals surface area contributed by atoms with Crippen molar-refractivity contribution < 1.29 is 14.3 Å². The smallest absolute Gasteiger partial charge is 0.306 e. The molecule has 1 N–H and O–H groups in total. The van der Waals surface area contributed by atoms with E-state index in [2.05, 4.69) is 30.0 Å². The molecule has 0 saturated carbocycles. The van der Waals surface area contributed by atoms with Crippen molar-refractivity contribution in [2.75, 3.05) is 13.1 Å². The molecule has 2 aromatic rings. The van der Waals surface area contributed by atoms with Gasteiger partial charge in [0.25, 0.3) is 0 Å². The number of aliphatic carboxylic acids is 1. The minimum Gasteiger partial charge on any atom is -0.481 e. The van der Waals surface area contributed by atoms with Crippen LogP contribution < -0.4 is 0 Å². The molecule has 4 heteroatoms. The van der Waals surface area contributed by atoms with Crippen LogP contribution in [0.15, 0.2) is 42.5 Å². The summed E-state index contributed by atoms with van der Waals surface area (Å²) >= 11 is 0. The van der Waals surface area contributed by atoms with E-state index in [1.165, 1.54) is 22.8 Å². The molecule has 1 aliphatic carbocycles. The number of rotatable bonds is 4. The molecule has 0 radical (unpaired) electrons. The van der Waals surface area contributed by atoms with Crippen LogP contribution in [0.25, 0.3) is 0 Å². The zero-order valence-corrected chi connectivity index (χ0v) is 15.7. The van der Waals surface area contributed by atoms with Crippen molar-refractivity contribution in [2.24, 2.45) is 5.92 Å². The number of nitrogens with zero attached hydrogens (tertiary/aromatic N) is 1. The SMILES string of the molecule is CC(c1cccc(F)c1)c1ccc2c(c1)CCC2N1CCC(C(=O)O)CC1. The van der Waals surface area contributed by atoms with Gasteiger partial charge in [-0.15, -0.1) is 0 Å². The van der Waals surface area contributed by atoms with E-state index in [4.69, 9.17) is 0 Å². The second kappa shape index (κ2) is 7.43. The van der Waals surface area contributed by atoms with Gasteiger partial charge in [0, 0.05) is 12.0 Å². The third-order valence-electron chi connectivity index (χ3n) is 6.38. The lowest BCUT2D eigenvalue weighted by atomic mass is 9.90. The molecule has 0 bridgehead atoms. The molecule has 142 valence electrons. The largest absolute Gasteiger partial charge is 0.481 e. The molecule has 1 aliphatic heterocycles. The lowest BCUT2D eigenvalue weighted by Crippen LogP contribution is -2.38. The van der Waals surface area contributed by atoms with E-state index in [0.29, 0.717) is 6.04 Å². The predicted octanol–water partition coefficient (Wildman–Crippen LogP) is 4.76. The number of carboxylic acids is 1. The highest BCUT2D eigenvalue weighted by Gasteiger charge is 2.32. The van der Waals surface area contributed by atoms with Gasteiger partial charge in [-0.1, -0.05) is 37.3 Å². The Hall–Kier alpha value is -2.20. The maximum Gasteiger partial charge on any atom is 0.306 e. The Morgan fingerprint density at radius 3 is 2.56 bits per heavy atom. The Morgan fingerprint density at radius 2 is 1.85 bits per heavy atom. The summed E-state index contributed by atoms with van der Waals surface area (Å²) < 4.78 is 13.6. The number of benzene rings is 2. The van der Waals surface area contributed by atoms with Gasteiger partial charge in [-0.3, -0.25) is 9.69 Å². The molecule has 2 unspecified atom stereocenters. The van der Waals surface area contributed by atoms with E-state index in [1.807, 2.05) is 6.07 Å². The summed E-state index contributed by atoms with van der Waals surface area (Å²) in [5, 5.41) is 9.20. The fourth-order valence-electron chi connectivity index (χ4n) is 4.69. The minimum absolute atomic E-state index is 0.163. The van der Waals surface area contributed by atoms with Gasteiger partial charge in [0.05, 0.1) is 5.92 Å². The Kier molecular flexibility index (Phi) is 5.00. The van der Waals surface area contributed by atoms with Crippen molar-refractivity contribution >= 4 is 5.97 Å². The lowest BCUT2D eigenvalue weighted by molar-refractivity contribution is -0.143. The second-order valence-electron chi connectivity index (χ2n) is 7.94. The molecule has 0 spiro atoms. The Balaban J connectivity index is 1.50. The van der Waals surface area contributed by atoms with Crippen LogP contribution >= 0.6 is 0 Å². The third-order valence-corrected chi connectivity index (χ3v) is 6.38. The van der Waals surface area contributed by atoms with E-state index < -0.39 is 5.97 Å². The molecule has 1 saturated heterocycles. The first-order valence-electron chi connectivity index (χ1n) is 9.88. The first-order valence-corrected chi connectivity index (χ1v) is 9.88. The van der Waals surface area contributed by atoms with E-state index in [9.17, 15) is 14.3 Å². The topological polar surface area (TPSA) is 40.5 Å². The molecule has 3 nitrogen and oxygen atoms in total. The van der Waals surface area contributed by atoms with Crippen molar-refractivity contribution in [1.29, 1.82) is 0 Å². The highest BCUT2D eigenvalue weighted by Crippen LogP contribution is 2.39. The summed E-state index contributed by atoms with van der Waals surface area (Å²) in [5.41, 5.74) is 5.00. The summed E-state index contributed by atoms with van der Waals surface area (Å²) in [4.78, 5) is 13.6. The average molecular weight is 367 g/mol. The molecule has 2 aliphatic rings. The van der Waals surface area contributed by atoms with Gasteiger partial charge in [-0.05, 0) is 73.2 Å². The molecule has 27 heavy (non-hydrogen) atoms. The number of likely N-dealkylation sites (tertiary alicyclic amines) is 1. The monoisotopic (exact) mass is 367 g/mol. The standard InChI is InChI=1S/C23H26FNO2/c1-15(17-3-2-4-20(24)14-17)18-5-7-21-19(13-18)6-8-22(21)25-11-9-16(10-12-25)23(26)27/h2-5,7,13-16,22H,6,8-12H2,1H3,(H,26,27). The maximum atomic E-state index is 13.6. The highest BCUT2D eigenvalue weighted by atomic mass is 19.1. The van der Waals surface area contributed by atoms with Crippen LogP contribution in [-0.2, 0) is 11.2 Å². The Bertz CT molecular complexity index is 842. The summed E-state index contributed by atoms with van der Waals surface area (Å²) in [6, 6.07) is 14.0. The quantitative estimate of drug-likeness (QED) is 0.847. The van der Waals surface area contributed by atoms with Crippen LogP contribution in [-0.4, -0.2) is 29.1 Å². The molecular weight excluding hydrogens is 341 g/mol. The van der Waals surface area contributed by atoms with E-state index >= 15 is 0 Å². The van der Waals surface area contributed by atoms with Crippen LogP contribution in [0.1, 0.15) is 60.4 Å². The van der Waals surface area contributed by atoms with E-state index in [1.54, 1.807) is 12.1 Å². The van der Waals surface area contributed by atoms with Crippen molar-refractivity contribution in [2.45, 2.75) is 44.6 Å².